The highest BCUT2D eigenvalue weighted by molar-refractivity contribution is 7.92. The summed E-state index contributed by atoms with van der Waals surface area (Å²) < 4.78 is 51.1. The first-order valence-electron chi connectivity index (χ1n) is 7.89. The molecule has 3 rings (SSSR count). The third-order valence-corrected chi connectivity index (χ3v) is 5.59. The minimum Gasteiger partial charge on any atom is -0.489 e. The second kappa shape index (κ2) is 7.28. The van der Waals surface area contributed by atoms with Crippen LogP contribution in [0.4, 0.5) is 15.8 Å². The van der Waals surface area contributed by atoms with E-state index in [-0.39, 0.29) is 18.0 Å². The van der Waals surface area contributed by atoms with Crippen molar-refractivity contribution in [2.45, 2.75) is 11.8 Å². The zero-order valence-corrected chi connectivity index (χ0v) is 14.6. The van der Waals surface area contributed by atoms with Crippen molar-refractivity contribution in [2.24, 2.45) is 0 Å². The molecule has 0 unspecified atom stereocenters. The summed E-state index contributed by atoms with van der Waals surface area (Å²) in [6.07, 6.45) is 0. The maximum Gasteiger partial charge on any atom is 0.264 e. The van der Waals surface area contributed by atoms with E-state index in [0.29, 0.717) is 24.8 Å². The zero-order chi connectivity index (χ0) is 17.9. The van der Waals surface area contributed by atoms with Gasteiger partial charge >= 0.3 is 0 Å². The lowest BCUT2D eigenvalue weighted by molar-refractivity contribution is 0.167. The zero-order valence-electron chi connectivity index (χ0n) is 13.7. The lowest BCUT2D eigenvalue weighted by Gasteiger charge is -2.31. The SMILES string of the molecule is CCOCNc1ccc2c(c1)N(S(=O)(=O)c1ccc(F)cc1)CCO2. The van der Waals surface area contributed by atoms with Crippen LogP contribution in [0.5, 0.6) is 5.75 Å². The molecule has 0 spiro atoms. The normalized spacial score (nSPS) is 13.9. The van der Waals surface area contributed by atoms with Crippen LogP contribution in [-0.4, -0.2) is 34.9 Å². The number of benzene rings is 2. The molecule has 2 aromatic rings. The van der Waals surface area contributed by atoms with Gasteiger partial charge in [-0.2, -0.15) is 0 Å². The Kier molecular flexibility index (Phi) is 5.10. The molecule has 0 saturated carbocycles. The Morgan fingerprint density at radius 3 is 2.72 bits per heavy atom. The second-order valence-electron chi connectivity index (χ2n) is 5.38. The van der Waals surface area contributed by atoms with Gasteiger partial charge < -0.3 is 14.8 Å². The number of nitrogens with one attached hydrogen (secondary N) is 1. The van der Waals surface area contributed by atoms with E-state index in [4.69, 9.17) is 9.47 Å². The third-order valence-electron chi connectivity index (χ3n) is 3.76. The van der Waals surface area contributed by atoms with Crippen molar-refractivity contribution in [1.82, 2.24) is 0 Å². The van der Waals surface area contributed by atoms with Gasteiger partial charge in [-0.25, -0.2) is 12.8 Å². The highest BCUT2D eigenvalue weighted by Crippen LogP contribution is 2.37. The number of nitrogens with zero attached hydrogens (tertiary/aromatic N) is 1. The number of anilines is 2. The van der Waals surface area contributed by atoms with Gasteiger partial charge in [-0.3, -0.25) is 4.31 Å². The Bertz CT molecular complexity index is 840. The first-order chi connectivity index (χ1) is 12.0. The number of sulfonamides is 1. The smallest absolute Gasteiger partial charge is 0.264 e. The molecule has 134 valence electrons. The second-order valence-corrected chi connectivity index (χ2v) is 7.24. The first kappa shape index (κ1) is 17.5. The highest BCUT2D eigenvalue weighted by atomic mass is 32.2. The maximum absolute atomic E-state index is 13.1. The van der Waals surface area contributed by atoms with Gasteiger partial charge in [-0.15, -0.1) is 0 Å². The largest absolute Gasteiger partial charge is 0.489 e. The van der Waals surface area contributed by atoms with Crippen LogP contribution in [0.1, 0.15) is 6.92 Å². The molecular weight excluding hydrogens is 347 g/mol. The molecule has 2 aromatic carbocycles. The van der Waals surface area contributed by atoms with Crippen LogP contribution >= 0.6 is 0 Å². The number of ether oxygens (including phenoxy) is 2. The van der Waals surface area contributed by atoms with E-state index in [9.17, 15) is 12.8 Å². The Labute approximate surface area is 146 Å². The quantitative estimate of drug-likeness (QED) is 0.629. The summed E-state index contributed by atoms with van der Waals surface area (Å²) >= 11 is 0. The van der Waals surface area contributed by atoms with Crippen LogP contribution in [0.3, 0.4) is 0 Å². The van der Waals surface area contributed by atoms with Crippen LogP contribution in [-0.2, 0) is 14.8 Å². The van der Waals surface area contributed by atoms with E-state index in [1.807, 2.05) is 6.92 Å². The molecule has 0 aromatic heterocycles. The molecule has 0 aliphatic carbocycles. The Morgan fingerprint density at radius 2 is 2.00 bits per heavy atom. The molecule has 0 saturated heterocycles. The van der Waals surface area contributed by atoms with E-state index < -0.39 is 15.8 Å². The molecule has 0 atom stereocenters. The molecule has 1 N–H and O–H groups in total. The molecule has 1 aliphatic rings. The summed E-state index contributed by atoms with van der Waals surface area (Å²) in [6, 6.07) is 10.0. The van der Waals surface area contributed by atoms with Gasteiger partial charge in [0.05, 0.1) is 17.1 Å². The number of fused-ring (bicyclic) bond motifs is 1. The van der Waals surface area contributed by atoms with Gasteiger partial charge in [-0.05, 0) is 49.4 Å². The number of halogens is 1. The predicted molar refractivity (Wildman–Crippen MR) is 93.0 cm³/mol. The Balaban J connectivity index is 1.94. The number of hydrogen-bond donors (Lipinski definition) is 1. The molecule has 0 bridgehead atoms. The topological polar surface area (TPSA) is 67.9 Å². The van der Waals surface area contributed by atoms with Crippen molar-refractivity contribution in [3.63, 3.8) is 0 Å². The van der Waals surface area contributed by atoms with Crippen molar-refractivity contribution in [3.8, 4) is 5.75 Å². The van der Waals surface area contributed by atoms with E-state index >= 15 is 0 Å². The summed E-state index contributed by atoms with van der Waals surface area (Å²) in [5.41, 5.74) is 1.16. The summed E-state index contributed by atoms with van der Waals surface area (Å²) in [4.78, 5) is 0.0365. The van der Waals surface area contributed by atoms with E-state index in [0.717, 1.165) is 17.8 Å². The first-order valence-corrected chi connectivity index (χ1v) is 9.33. The molecule has 1 heterocycles. The van der Waals surface area contributed by atoms with Gasteiger partial charge in [-0.1, -0.05) is 0 Å². The van der Waals surface area contributed by atoms with Crippen molar-refractivity contribution in [3.05, 3.63) is 48.3 Å². The average molecular weight is 366 g/mol. The minimum atomic E-state index is -3.81. The fraction of sp³-hybridized carbons (Fsp3) is 0.294. The molecule has 0 amide bonds. The van der Waals surface area contributed by atoms with Gasteiger partial charge in [0.2, 0.25) is 0 Å². The highest BCUT2D eigenvalue weighted by Gasteiger charge is 2.30. The van der Waals surface area contributed by atoms with Gasteiger partial charge in [0.15, 0.2) is 0 Å². The molecule has 8 heteroatoms. The monoisotopic (exact) mass is 366 g/mol. The fourth-order valence-electron chi connectivity index (χ4n) is 2.52. The van der Waals surface area contributed by atoms with Crippen molar-refractivity contribution in [1.29, 1.82) is 0 Å². The van der Waals surface area contributed by atoms with Gasteiger partial charge in [0.1, 0.15) is 24.9 Å². The third kappa shape index (κ3) is 3.69. The summed E-state index contributed by atoms with van der Waals surface area (Å²) in [5, 5.41) is 3.07. The van der Waals surface area contributed by atoms with Crippen LogP contribution in [0.25, 0.3) is 0 Å². The molecular formula is C17H19FN2O4S. The van der Waals surface area contributed by atoms with E-state index in [1.54, 1.807) is 18.2 Å². The van der Waals surface area contributed by atoms with Crippen LogP contribution in [0.2, 0.25) is 0 Å². The molecule has 6 nitrogen and oxygen atoms in total. The molecule has 1 aliphatic heterocycles. The van der Waals surface area contributed by atoms with Gasteiger partial charge in [0.25, 0.3) is 10.0 Å². The minimum absolute atomic E-state index is 0.0365. The number of rotatable bonds is 6. The van der Waals surface area contributed by atoms with E-state index in [2.05, 4.69) is 5.32 Å². The predicted octanol–water partition coefficient (Wildman–Crippen LogP) is 2.82. The Morgan fingerprint density at radius 1 is 1.24 bits per heavy atom. The van der Waals surface area contributed by atoms with Crippen LogP contribution < -0.4 is 14.4 Å². The summed E-state index contributed by atoms with van der Waals surface area (Å²) in [7, 11) is -3.81. The maximum atomic E-state index is 13.1. The van der Waals surface area contributed by atoms with Crippen LogP contribution in [0.15, 0.2) is 47.4 Å². The molecule has 0 fully saturated rings. The van der Waals surface area contributed by atoms with Crippen molar-refractivity contribution in [2.75, 3.05) is 36.1 Å². The Hall–Kier alpha value is -2.32. The lowest BCUT2D eigenvalue weighted by atomic mass is 10.2. The van der Waals surface area contributed by atoms with Gasteiger partial charge in [0, 0.05) is 12.3 Å². The summed E-state index contributed by atoms with van der Waals surface area (Å²) in [6.45, 7) is 3.22. The lowest BCUT2D eigenvalue weighted by Crippen LogP contribution is -2.38. The average Bonchev–Trinajstić information content (AvgIpc) is 2.61. The van der Waals surface area contributed by atoms with Crippen LogP contribution in [0, 0.1) is 5.82 Å². The standard InChI is InChI=1S/C17H19FN2O4S/c1-2-23-12-19-14-5-8-17-16(11-14)20(9-10-24-17)25(21,22)15-6-3-13(18)4-7-15/h3-8,11,19H,2,9-10,12H2,1H3. The molecule has 0 radical (unpaired) electrons. The molecule has 25 heavy (non-hydrogen) atoms. The van der Waals surface area contributed by atoms with Crippen molar-refractivity contribution < 1.29 is 22.3 Å². The fourth-order valence-corrected chi connectivity index (χ4v) is 3.97. The number of hydrogen-bond acceptors (Lipinski definition) is 5. The summed E-state index contributed by atoms with van der Waals surface area (Å²) in [5.74, 6) is 0.00244. The van der Waals surface area contributed by atoms with E-state index in [1.165, 1.54) is 16.4 Å². The van der Waals surface area contributed by atoms with Crippen molar-refractivity contribution >= 4 is 21.4 Å².